The molecule has 32 heavy (non-hydrogen) atoms. The molecular weight excluding hydrogens is 440 g/mol. The number of likely N-dealkylation sites (tertiary alicyclic amines) is 1. The van der Waals surface area contributed by atoms with Crippen LogP contribution in [0.1, 0.15) is 49.7 Å². The van der Waals surface area contributed by atoms with Crippen molar-refractivity contribution in [2.45, 2.75) is 56.9 Å². The first-order chi connectivity index (χ1) is 14.8. The maximum Gasteiger partial charge on any atom is 0.416 e. The van der Waals surface area contributed by atoms with Crippen molar-refractivity contribution in [1.29, 1.82) is 0 Å². The van der Waals surface area contributed by atoms with Crippen molar-refractivity contribution in [1.82, 2.24) is 4.90 Å². The van der Waals surface area contributed by atoms with Crippen LogP contribution in [0.15, 0.2) is 18.2 Å². The van der Waals surface area contributed by atoms with Crippen LogP contribution in [0.2, 0.25) is 0 Å². The van der Waals surface area contributed by atoms with Gasteiger partial charge in [0.1, 0.15) is 0 Å². The summed E-state index contributed by atoms with van der Waals surface area (Å²) in [5.74, 6) is -1.23. The molecule has 2 amide bonds. The Morgan fingerprint density at radius 1 is 0.969 bits per heavy atom. The molecule has 0 aromatic heterocycles. The molecule has 3 atom stereocenters. The predicted molar refractivity (Wildman–Crippen MR) is 104 cm³/mol. The summed E-state index contributed by atoms with van der Waals surface area (Å²) < 4.78 is 77.8. The second-order valence-corrected chi connectivity index (χ2v) is 8.54. The average Bonchev–Trinajstić information content (AvgIpc) is 3.14. The van der Waals surface area contributed by atoms with E-state index in [2.05, 4.69) is 5.32 Å². The number of hydrogen-bond donors (Lipinski definition) is 2. The van der Waals surface area contributed by atoms with Crippen molar-refractivity contribution in [2.75, 3.05) is 18.4 Å². The van der Waals surface area contributed by atoms with Crippen LogP contribution >= 0.6 is 0 Å². The number of rotatable bonds is 4. The lowest BCUT2D eigenvalue weighted by atomic mass is 9.84. The highest BCUT2D eigenvalue weighted by Crippen LogP contribution is 2.37. The topological polar surface area (TPSA) is 75.4 Å². The Bertz CT molecular complexity index is 823. The van der Waals surface area contributed by atoms with E-state index in [0.29, 0.717) is 31.6 Å². The van der Waals surface area contributed by atoms with Crippen molar-refractivity contribution in [3.05, 3.63) is 29.3 Å². The summed E-state index contributed by atoms with van der Waals surface area (Å²) in [7, 11) is 0. The number of carbonyl (C=O) groups is 2. The van der Waals surface area contributed by atoms with Crippen molar-refractivity contribution in [2.24, 2.45) is 17.6 Å². The number of alkyl halides is 6. The first-order valence-corrected chi connectivity index (χ1v) is 10.5. The van der Waals surface area contributed by atoms with Crippen molar-refractivity contribution in [3.8, 4) is 0 Å². The van der Waals surface area contributed by atoms with Gasteiger partial charge in [-0.25, -0.2) is 0 Å². The van der Waals surface area contributed by atoms with Crippen LogP contribution < -0.4 is 11.1 Å². The minimum absolute atomic E-state index is 0.00604. The predicted octanol–water partition coefficient (Wildman–Crippen LogP) is 4.42. The summed E-state index contributed by atoms with van der Waals surface area (Å²) in [5, 5.41) is 2.15. The third-order valence-corrected chi connectivity index (χ3v) is 6.08. The molecule has 1 heterocycles. The zero-order chi connectivity index (χ0) is 23.7. The van der Waals surface area contributed by atoms with Crippen LogP contribution in [0.4, 0.5) is 32.0 Å². The lowest BCUT2D eigenvalue weighted by Gasteiger charge is -2.31. The number of amides is 2. The van der Waals surface area contributed by atoms with Crippen LogP contribution in [0.5, 0.6) is 0 Å². The average molecular weight is 465 g/mol. The Kier molecular flexibility index (Phi) is 7.06. The van der Waals surface area contributed by atoms with E-state index in [1.807, 2.05) is 0 Å². The Morgan fingerprint density at radius 3 is 2.12 bits per heavy atom. The number of nitrogens with zero attached hydrogens (tertiary/aromatic N) is 1. The van der Waals surface area contributed by atoms with E-state index in [9.17, 15) is 35.9 Å². The maximum absolute atomic E-state index is 13.0. The van der Waals surface area contributed by atoms with Gasteiger partial charge in [0.2, 0.25) is 11.8 Å². The number of nitrogens with two attached hydrogens (primary N) is 1. The maximum atomic E-state index is 13.0. The van der Waals surface area contributed by atoms with Crippen molar-refractivity contribution < 1.29 is 35.9 Å². The largest absolute Gasteiger partial charge is 0.416 e. The van der Waals surface area contributed by atoms with Gasteiger partial charge in [-0.15, -0.1) is 0 Å². The Labute approximate surface area is 181 Å². The molecule has 1 unspecified atom stereocenters. The van der Waals surface area contributed by atoms with Gasteiger partial charge in [0, 0.05) is 31.2 Å². The monoisotopic (exact) mass is 465 g/mol. The molecule has 0 radical (unpaired) electrons. The van der Waals surface area contributed by atoms with E-state index >= 15 is 0 Å². The number of benzene rings is 1. The second kappa shape index (κ2) is 9.29. The van der Waals surface area contributed by atoms with E-state index in [-0.39, 0.29) is 36.3 Å². The molecule has 5 nitrogen and oxygen atoms in total. The molecule has 1 aliphatic heterocycles. The molecule has 11 heteroatoms. The van der Waals surface area contributed by atoms with E-state index in [1.54, 1.807) is 4.90 Å². The Hall–Kier alpha value is -2.30. The molecule has 178 valence electrons. The van der Waals surface area contributed by atoms with Crippen LogP contribution in [-0.4, -0.2) is 35.8 Å². The van der Waals surface area contributed by atoms with Gasteiger partial charge in [0.05, 0.1) is 17.0 Å². The quantitative estimate of drug-likeness (QED) is 0.647. The third-order valence-electron chi connectivity index (χ3n) is 6.08. The summed E-state index contributed by atoms with van der Waals surface area (Å²) in [6.07, 6.45) is -6.15. The number of nitrogens with one attached hydrogen (secondary N) is 1. The van der Waals surface area contributed by atoms with Gasteiger partial charge in [0.25, 0.3) is 0 Å². The van der Waals surface area contributed by atoms with Crippen LogP contribution in [-0.2, 0) is 21.9 Å². The first kappa shape index (κ1) is 24.3. The van der Waals surface area contributed by atoms with Gasteiger partial charge < -0.3 is 16.0 Å². The van der Waals surface area contributed by atoms with Crippen LogP contribution in [0.3, 0.4) is 0 Å². The number of halogens is 6. The molecule has 1 aromatic rings. The molecule has 0 spiro atoms. The number of hydrogen-bond acceptors (Lipinski definition) is 3. The van der Waals surface area contributed by atoms with Gasteiger partial charge >= 0.3 is 12.4 Å². The first-order valence-electron chi connectivity index (χ1n) is 10.5. The van der Waals surface area contributed by atoms with E-state index in [4.69, 9.17) is 5.73 Å². The zero-order valence-corrected chi connectivity index (χ0v) is 17.2. The molecule has 1 aromatic carbocycles. The van der Waals surface area contributed by atoms with Gasteiger partial charge in [0.15, 0.2) is 0 Å². The second-order valence-electron chi connectivity index (χ2n) is 8.54. The molecule has 1 aliphatic carbocycles. The fraction of sp³-hybridized carbons (Fsp3) is 0.619. The summed E-state index contributed by atoms with van der Waals surface area (Å²) in [6.45, 7) is 0.758. The Balaban J connectivity index is 1.62. The van der Waals surface area contributed by atoms with E-state index in [1.165, 1.54) is 0 Å². The summed E-state index contributed by atoms with van der Waals surface area (Å²) >= 11 is 0. The summed E-state index contributed by atoms with van der Waals surface area (Å²) in [6, 6.07) is 0.762. The molecule has 1 saturated carbocycles. The molecular formula is C21H25F6N3O2. The zero-order valence-electron chi connectivity index (χ0n) is 17.2. The van der Waals surface area contributed by atoms with Gasteiger partial charge in [-0.3, -0.25) is 9.59 Å². The minimum Gasteiger partial charge on any atom is -0.342 e. The fourth-order valence-corrected chi connectivity index (χ4v) is 4.40. The highest BCUT2D eigenvalue weighted by Gasteiger charge is 2.38. The van der Waals surface area contributed by atoms with Gasteiger partial charge in [-0.05, 0) is 43.4 Å². The normalized spacial score (nSPS) is 24.5. The fourth-order valence-electron chi connectivity index (χ4n) is 4.40. The molecule has 2 fully saturated rings. The smallest absolute Gasteiger partial charge is 0.342 e. The number of carbonyl (C=O) groups excluding carboxylic acids is 2. The highest BCUT2D eigenvalue weighted by molar-refractivity contribution is 5.91. The van der Waals surface area contributed by atoms with E-state index < -0.39 is 35.1 Å². The third kappa shape index (κ3) is 5.93. The lowest BCUT2D eigenvalue weighted by Crippen LogP contribution is -2.45. The SMILES string of the molecule is N[C@H]1CCCC[C@@H]1C(=O)N1CCC(CC(=O)Nc2cc(C(F)(F)F)cc(C(F)(F)F)c2)C1. The summed E-state index contributed by atoms with van der Waals surface area (Å²) in [5.41, 5.74) is 2.50. The molecule has 3 N–H and O–H groups in total. The number of anilines is 1. The minimum atomic E-state index is -4.99. The highest BCUT2D eigenvalue weighted by atomic mass is 19.4. The van der Waals surface area contributed by atoms with Crippen LogP contribution in [0, 0.1) is 11.8 Å². The Morgan fingerprint density at radius 2 is 1.56 bits per heavy atom. The molecule has 0 bridgehead atoms. The van der Waals surface area contributed by atoms with Gasteiger partial charge in [-0.1, -0.05) is 12.8 Å². The van der Waals surface area contributed by atoms with Crippen LogP contribution in [0.25, 0.3) is 0 Å². The molecule has 3 rings (SSSR count). The lowest BCUT2D eigenvalue weighted by molar-refractivity contribution is -0.143. The van der Waals surface area contributed by atoms with E-state index in [0.717, 1.165) is 25.7 Å². The molecule has 2 aliphatic rings. The van der Waals surface area contributed by atoms with Gasteiger partial charge in [-0.2, -0.15) is 26.3 Å². The standard InChI is InChI=1S/C21H25F6N3O2/c22-20(23,24)13-8-14(21(25,26)27)10-15(9-13)29-18(31)7-12-5-6-30(11-12)19(32)16-3-1-2-4-17(16)28/h8-10,12,16-17H,1-7,11,28H2,(H,29,31)/t12?,16-,17-/m0/s1. The summed E-state index contributed by atoms with van der Waals surface area (Å²) in [4.78, 5) is 26.7. The molecule has 1 saturated heterocycles. The van der Waals surface area contributed by atoms with Crippen molar-refractivity contribution in [3.63, 3.8) is 0 Å². The van der Waals surface area contributed by atoms with Crippen molar-refractivity contribution >= 4 is 17.5 Å².